The summed E-state index contributed by atoms with van der Waals surface area (Å²) >= 11 is 7.53. The van der Waals surface area contributed by atoms with Gasteiger partial charge >= 0.3 is 0 Å². The van der Waals surface area contributed by atoms with Gasteiger partial charge in [-0.25, -0.2) is 0 Å². The van der Waals surface area contributed by atoms with Gasteiger partial charge in [0.15, 0.2) is 0 Å². The van der Waals surface area contributed by atoms with Crippen LogP contribution in [0.25, 0.3) is 0 Å². The normalized spacial score (nSPS) is 9.87. The molecule has 0 aliphatic carbocycles. The van der Waals surface area contributed by atoms with Crippen molar-refractivity contribution in [3.05, 3.63) is 47.1 Å². The molecule has 2 aromatic rings. The quantitative estimate of drug-likeness (QED) is 0.861. The van der Waals surface area contributed by atoms with E-state index >= 15 is 0 Å². The zero-order valence-corrected chi connectivity index (χ0v) is 9.27. The van der Waals surface area contributed by atoms with E-state index in [1.165, 1.54) is 11.8 Å². The van der Waals surface area contributed by atoms with Gasteiger partial charge in [-0.2, -0.15) is 5.26 Å². The van der Waals surface area contributed by atoms with Crippen molar-refractivity contribution in [3.8, 4) is 6.07 Å². The van der Waals surface area contributed by atoms with Crippen LogP contribution in [0.4, 0.5) is 0 Å². The van der Waals surface area contributed by atoms with E-state index in [0.29, 0.717) is 5.69 Å². The molecule has 0 atom stereocenters. The second kappa shape index (κ2) is 4.43. The fourth-order valence-corrected chi connectivity index (χ4v) is 2.24. The minimum Gasteiger partial charge on any atom is -0.341 e. The monoisotopic (exact) mass is 234 g/mol. The van der Waals surface area contributed by atoms with E-state index < -0.39 is 0 Å². The summed E-state index contributed by atoms with van der Waals surface area (Å²) in [6.45, 7) is 0. The van der Waals surface area contributed by atoms with Crippen molar-refractivity contribution < 1.29 is 0 Å². The highest BCUT2D eigenvalue weighted by Crippen LogP contribution is 2.32. The standard InChI is InChI=1S/C11H7ClN2S/c12-9-3-1-2-4-10(9)15-11-6-5-8(7-13)14-11/h1-6,14H. The predicted molar refractivity (Wildman–Crippen MR) is 61.1 cm³/mol. The number of benzene rings is 1. The molecule has 0 fully saturated rings. The zero-order valence-electron chi connectivity index (χ0n) is 7.70. The number of nitrogens with one attached hydrogen (secondary N) is 1. The predicted octanol–water partition coefficient (Wildman–Crippen LogP) is 3.69. The van der Waals surface area contributed by atoms with Gasteiger partial charge in [0.2, 0.25) is 0 Å². The lowest BCUT2D eigenvalue weighted by molar-refractivity contribution is 1.17. The fourth-order valence-electron chi connectivity index (χ4n) is 1.15. The van der Waals surface area contributed by atoms with Crippen LogP contribution in [0.2, 0.25) is 5.02 Å². The summed E-state index contributed by atoms with van der Waals surface area (Å²) in [5, 5.41) is 10.3. The van der Waals surface area contributed by atoms with Crippen molar-refractivity contribution in [2.24, 2.45) is 0 Å². The molecular formula is C11H7ClN2S. The van der Waals surface area contributed by atoms with Gasteiger partial charge in [-0.05, 0) is 24.3 Å². The molecule has 74 valence electrons. The highest BCUT2D eigenvalue weighted by molar-refractivity contribution is 7.99. The molecular weight excluding hydrogens is 228 g/mol. The van der Waals surface area contributed by atoms with Gasteiger partial charge in [0.1, 0.15) is 11.8 Å². The number of aromatic nitrogens is 1. The third kappa shape index (κ3) is 2.35. The summed E-state index contributed by atoms with van der Waals surface area (Å²) in [6, 6.07) is 13.3. The number of nitrogens with zero attached hydrogens (tertiary/aromatic N) is 1. The summed E-state index contributed by atoms with van der Waals surface area (Å²) < 4.78 is 0. The van der Waals surface area contributed by atoms with Crippen LogP contribution < -0.4 is 0 Å². The van der Waals surface area contributed by atoms with E-state index in [0.717, 1.165) is 14.9 Å². The number of hydrogen-bond acceptors (Lipinski definition) is 2. The highest BCUT2D eigenvalue weighted by atomic mass is 35.5. The van der Waals surface area contributed by atoms with Crippen molar-refractivity contribution in [2.75, 3.05) is 0 Å². The Morgan fingerprint density at radius 3 is 2.67 bits per heavy atom. The molecule has 0 saturated heterocycles. The lowest BCUT2D eigenvalue weighted by Gasteiger charge is -2.00. The van der Waals surface area contributed by atoms with Crippen LogP contribution in [-0.2, 0) is 0 Å². The van der Waals surface area contributed by atoms with Crippen LogP contribution in [-0.4, -0.2) is 4.98 Å². The topological polar surface area (TPSA) is 39.6 Å². The number of hydrogen-bond donors (Lipinski definition) is 1. The minimum absolute atomic E-state index is 0.560. The third-order valence-electron chi connectivity index (χ3n) is 1.84. The maximum Gasteiger partial charge on any atom is 0.118 e. The average molecular weight is 235 g/mol. The van der Waals surface area contributed by atoms with Crippen LogP contribution in [0.5, 0.6) is 0 Å². The lowest BCUT2D eigenvalue weighted by atomic mass is 10.4. The number of halogens is 1. The summed E-state index contributed by atoms with van der Waals surface area (Å²) in [6.07, 6.45) is 0. The molecule has 4 heteroatoms. The molecule has 1 N–H and O–H groups in total. The van der Waals surface area contributed by atoms with Crippen molar-refractivity contribution in [1.82, 2.24) is 4.98 Å². The van der Waals surface area contributed by atoms with E-state index in [1.54, 1.807) is 6.07 Å². The van der Waals surface area contributed by atoms with Gasteiger partial charge in [0.05, 0.1) is 10.0 Å². The molecule has 1 aromatic heterocycles. The Bertz CT molecular complexity index is 513. The van der Waals surface area contributed by atoms with Crippen molar-refractivity contribution >= 4 is 23.4 Å². The van der Waals surface area contributed by atoms with E-state index in [-0.39, 0.29) is 0 Å². The lowest BCUT2D eigenvalue weighted by Crippen LogP contribution is -1.76. The molecule has 15 heavy (non-hydrogen) atoms. The molecule has 0 amide bonds. The molecule has 0 aliphatic rings. The largest absolute Gasteiger partial charge is 0.341 e. The van der Waals surface area contributed by atoms with Crippen molar-refractivity contribution in [1.29, 1.82) is 5.26 Å². The zero-order chi connectivity index (χ0) is 10.7. The Balaban J connectivity index is 2.23. The first kappa shape index (κ1) is 10.2. The molecule has 0 saturated carbocycles. The van der Waals surface area contributed by atoms with Crippen LogP contribution in [0.15, 0.2) is 46.3 Å². The van der Waals surface area contributed by atoms with Crippen molar-refractivity contribution in [2.45, 2.75) is 9.92 Å². The smallest absolute Gasteiger partial charge is 0.118 e. The maximum absolute atomic E-state index is 8.66. The maximum atomic E-state index is 8.66. The summed E-state index contributed by atoms with van der Waals surface area (Å²) in [5.41, 5.74) is 0.560. The molecule has 0 bridgehead atoms. The van der Waals surface area contributed by atoms with Crippen LogP contribution in [0.3, 0.4) is 0 Å². The van der Waals surface area contributed by atoms with Gasteiger partial charge < -0.3 is 4.98 Å². The summed E-state index contributed by atoms with van der Waals surface area (Å²) in [7, 11) is 0. The molecule has 0 unspecified atom stereocenters. The first-order chi connectivity index (χ1) is 7.29. The number of rotatable bonds is 2. The molecule has 0 aliphatic heterocycles. The molecule has 2 rings (SSSR count). The number of H-pyrrole nitrogens is 1. The van der Waals surface area contributed by atoms with Gasteiger partial charge in [-0.15, -0.1) is 0 Å². The van der Waals surface area contributed by atoms with Crippen LogP contribution >= 0.6 is 23.4 Å². The first-order valence-corrected chi connectivity index (χ1v) is 5.50. The molecule has 2 nitrogen and oxygen atoms in total. The highest BCUT2D eigenvalue weighted by Gasteiger charge is 2.03. The molecule has 0 spiro atoms. The van der Waals surface area contributed by atoms with Gasteiger partial charge in [0.25, 0.3) is 0 Å². The number of aromatic amines is 1. The second-order valence-corrected chi connectivity index (χ2v) is 4.37. The summed E-state index contributed by atoms with van der Waals surface area (Å²) in [5.74, 6) is 0. The summed E-state index contributed by atoms with van der Waals surface area (Å²) in [4.78, 5) is 3.96. The Labute approximate surface area is 96.9 Å². The van der Waals surface area contributed by atoms with E-state index in [2.05, 4.69) is 4.98 Å². The molecule has 1 aromatic carbocycles. The third-order valence-corrected chi connectivity index (χ3v) is 3.31. The molecule has 1 heterocycles. The second-order valence-electron chi connectivity index (χ2n) is 2.88. The first-order valence-electron chi connectivity index (χ1n) is 4.31. The fraction of sp³-hybridized carbons (Fsp3) is 0. The van der Waals surface area contributed by atoms with E-state index in [9.17, 15) is 0 Å². The SMILES string of the molecule is N#Cc1ccc(Sc2ccccc2Cl)[nH]1. The Morgan fingerprint density at radius 1 is 1.20 bits per heavy atom. The van der Waals surface area contributed by atoms with E-state index in [4.69, 9.17) is 16.9 Å². The Morgan fingerprint density at radius 2 is 2.00 bits per heavy atom. The van der Waals surface area contributed by atoms with E-state index in [1.807, 2.05) is 36.4 Å². The Hall–Kier alpha value is -1.37. The molecule has 0 radical (unpaired) electrons. The average Bonchev–Trinajstić information content (AvgIpc) is 2.69. The minimum atomic E-state index is 0.560. The van der Waals surface area contributed by atoms with Gasteiger partial charge in [-0.3, -0.25) is 0 Å². The van der Waals surface area contributed by atoms with Crippen LogP contribution in [0.1, 0.15) is 5.69 Å². The van der Waals surface area contributed by atoms with Crippen LogP contribution in [0, 0.1) is 11.3 Å². The Kier molecular flexibility index (Phi) is 3.00. The van der Waals surface area contributed by atoms with Gasteiger partial charge in [0, 0.05) is 4.90 Å². The number of nitriles is 1. The van der Waals surface area contributed by atoms with Crippen molar-refractivity contribution in [3.63, 3.8) is 0 Å². The van der Waals surface area contributed by atoms with Gasteiger partial charge in [-0.1, -0.05) is 35.5 Å².